The van der Waals surface area contributed by atoms with Crippen LogP contribution in [0.2, 0.25) is 5.02 Å². The number of halogens is 1. The average Bonchev–Trinajstić information content (AvgIpc) is 2.80. The highest BCUT2D eigenvalue weighted by Crippen LogP contribution is 2.18. The Labute approximate surface area is 189 Å². The number of rotatable bonds is 8. The number of ether oxygens (including phenoxy) is 1. The quantitative estimate of drug-likeness (QED) is 0.227. The Morgan fingerprint density at radius 1 is 0.938 bits per heavy atom. The minimum atomic E-state index is -3.81. The Morgan fingerprint density at radius 2 is 1.59 bits per heavy atom. The van der Waals surface area contributed by atoms with Crippen LogP contribution in [-0.2, 0) is 14.8 Å². The standard InChI is InChI=1S/C22H18ClN3O5S/c23-18-12-10-16(11-13-18)22(28)31-20-9-5-4-6-17(20)14-24-26-21(27)15-25-32(29,30)19-7-2-1-3-8-19/h1-14,25H,15H2,(H,26,27)/b24-14+. The lowest BCUT2D eigenvalue weighted by atomic mass is 10.2. The summed E-state index contributed by atoms with van der Waals surface area (Å²) >= 11 is 5.82. The molecule has 0 radical (unpaired) electrons. The molecular weight excluding hydrogens is 454 g/mol. The Balaban J connectivity index is 1.58. The van der Waals surface area contributed by atoms with E-state index in [1.165, 1.54) is 30.5 Å². The molecule has 0 aliphatic carbocycles. The van der Waals surface area contributed by atoms with Crippen LogP contribution in [0.4, 0.5) is 0 Å². The number of hydrogen-bond donors (Lipinski definition) is 2. The molecule has 3 rings (SSSR count). The molecule has 0 bridgehead atoms. The lowest BCUT2D eigenvalue weighted by Gasteiger charge is -2.07. The zero-order valence-corrected chi connectivity index (χ0v) is 18.1. The number of sulfonamides is 1. The predicted molar refractivity (Wildman–Crippen MR) is 120 cm³/mol. The predicted octanol–water partition coefficient (Wildman–Crippen LogP) is 2.99. The number of carbonyl (C=O) groups excluding carboxylic acids is 2. The molecule has 0 unspecified atom stereocenters. The molecule has 0 aliphatic rings. The fraction of sp³-hybridized carbons (Fsp3) is 0.0455. The average molecular weight is 472 g/mol. The maximum Gasteiger partial charge on any atom is 0.343 e. The van der Waals surface area contributed by atoms with Gasteiger partial charge in [0, 0.05) is 10.6 Å². The molecule has 164 valence electrons. The van der Waals surface area contributed by atoms with Gasteiger partial charge in [0.25, 0.3) is 5.91 Å². The molecule has 0 heterocycles. The van der Waals surface area contributed by atoms with Crippen molar-refractivity contribution in [3.8, 4) is 5.75 Å². The second-order valence-corrected chi connectivity index (χ2v) is 8.57. The van der Waals surface area contributed by atoms with Crippen LogP contribution in [0, 0.1) is 0 Å². The maximum absolute atomic E-state index is 12.3. The minimum absolute atomic E-state index is 0.0488. The molecule has 0 saturated heterocycles. The van der Waals surface area contributed by atoms with Crippen LogP contribution in [0.1, 0.15) is 15.9 Å². The minimum Gasteiger partial charge on any atom is -0.422 e. The first-order valence-electron chi connectivity index (χ1n) is 9.28. The van der Waals surface area contributed by atoms with Gasteiger partial charge >= 0.3 is 5.97 Å². The molecule has 0 aromatic heterocycles. The van der Waals surface area contributed by atoms with Crippen molar-refractivity contribution in [2.45, 2.75) is 4.90 Å². The number of esters is 1. The first kappa shape index (κ1) is 23.1. The highest BCUT2D eigenvalue weighted by molar-refractivity contribution is 7.89. The van der Waals surface area contributed by atoms with Gasteiger partial charge in [-0.3, -0.25) is 4.79 Å². The lowest BCUT2D eigenvalue weighted by Crippen LogP contribution is -2.34. The summed E-state index contributed by atoms with van der Waals surface area (Å²) in [7, 11) is -3.81. The van der Waals surface area contributed by atoms with Crippen molar-refractivity contribution in [2.24, 2.45) is 5.10 Å². The summed E-state index contributed by atoms with van der Waals surface area (Å²) in [5.41, 5.74) is 2.97. The van der Waals surface area contributed by atoms with Crippen molar-refractivity contribution in [1.29, 1.82) is 0 Å². The number of carbonyl (C=O) groups is 2. The zero-order chi connectivity index (χ0) is 23.0. The fourth-order valence-corrected chi connectivity index (χ4v) is 3.61. The van der Waals surface area contributed by atoms with Crippen LogP contribution in [0.3, 0.4) is 0 Å². The molecule has 0 atom stereocenters. The third-order valence-electron chi connectivity index (χ3n) is 4.07. The van der Waals surface area contributed by atoms with Gasteiger partial charge in [-0.25, -0.2) is 23.4 Å². The zero-order valence-electron chi connectivity index (χ0n) is 16.6. The number of hydrazone groups is 1. The molecule has 3 aromatic rings. The Kier molecular flexibility index (Phi) is 7.72. The van der Waals surface area contributed by atoms with Crippen LogP contribution in [0.5, 0.6) is 5.75 Å². The normalized spacial score (nSPS) is 11.3. The molecule has 0 saturated carbocycles. The van der Waals surface area contributed by atoms with Crippen molar-refractivity contribution in [1.82, 2.24) is 10.1 Å². The lowest BCUT2D eigenvalue weighted by molar-refractivity contribution is -0.119. The van der Waals surface area contributed by atoms with E-state index in [2.05, 4.69) is 15.2 Å². The topological polar surface area (TPSA) is 114 Å². The van der Waals surface area contributed by atoms with Crippen LogP contribution >= 0.6 is 11.6 Å². The van der Waals surface area contributed by atoms with Crippen molar-refractivity contribution < 1.29 is 22.7 Å². The summed E-state index contributed by atoms with van der Waals surface area (Å²) in [6.07, 6.45) is 1.29. The SMILES string of the molecule is O=C(CNS(=O)(=O)c1ccccc1)N/N=C/c1ccccc1OC(=O)c1ccc(Cl)cc1. The highest BCUT2D eigenvalue weighted by Gasteiger charge is 2.15. The van der Waals surface area contributed by atoms with Crippen LogP contribution in [-0.4, -0.2) is 33.1 Å². The largest absolute Gasteiger partial charge is 0.422 e. The third-order valence-corrected chi connectivity index (χ3v) is 5.74. The summed E-state index contributed by atoms with van der Waals surface area (Å²) < 4.78 is 31.8. The van der Waals surface area contributed by atoms with E-state index in [1.807, 2.05) is 0 Å². The van der Waals surface area contributed by atoms with Gasteiger partial charge in [0.05, 0.1) is 23.2 Å². The van der Waals surface area contributed by atoms with Gasteiger partial charge in [0.1, 0.15) is 5.75 Å². The van der Waals surface area contributed by atoms with E-state index in [9.17, 15) is 18.0 Å². The first-order valence-corrected chi connectivity index (χ1v) is 11.1. The Bertz CT molecular complexity index is 1230. The van der Waals surface area contributed by atoms with Gasteiger partial charge in [-0.15, -0.1) is 0 Å². The number of para-hydroxylation sites is 1. The smallest absolute Gasteiger partial charge is 0.343 e. The number of nitrogens with zero attached hydrogens (tertiary/aromatic N) is 1. The van der Waals surface area contributed by atoms with Crippen molar-refractivity contribution in [3.05, 3.63) is 95.0 Å². The molecule has 32 heavy (non-hydrogen) atoms. The first-order chi connectivity index (χ1) is 15.3. The molecule has 10 heteroatoms. The van der Waals surface area contributed by atoms with Gasteiger partial charge in [-0.1, -0.05) is 41.9 Å². The van der Waals surface area contributed by atoms with E-state index in [0.717, 1.165) is 0 Å². The highest BCUT2D eigenvalue weighted by atomic mass is 35.5. The van der Waals surface area contributed by atoms with E-state index < -0.39 is 28.4 Å². The fourth-order valence-electron chi connectivity index (χ4n) is 2.48. The molecule has 3 aromatic carbocycles. The van der Waals surface area contributed by atoms with Crippen LogP contribution in [0.15, 0.2) is 88.9 Å². The van der Waals surface area contributed by atoms with E-state index in [4.69, 9.17) is 16.3 Å². The number of amides is 1. The van der Waals surface area contributed by atoms with Gasteiger partial charge in [-0.05, 0) is 48.5 Å². The van der Waals surface area contributed by atoms with Crippen molar-refractivity contribution in [3.63, 3.8) is 0 Å². The molecule has 1 amide bonds. The Morgan fingerprint density at radius 3 is 2.31 bits per heavy atom. The second-order valence-electron chi connectivity index (χ2n) is 6.37. The maximum atomic E-state index is 12.3. The van der Waals surface area contributed by atoms with Crippen LogP contribution in [0.25, 0.3) is 0 Å². The number of hydrogen-bond acceptors (Lipinski definition) is 6. The summed E-state index contributed by atoms with van der Waals surface area (Å²) in [5, 5.41) is 4.30. The summed E-state index contributed by atoms with van der Waals surface area (Å²) in [4.78, 5) is 24.3. The van der Waals surface area contributed by atoms with E-state index >= 15 is 0 Å². The monoisotopic (exact) mass is 471 g/mol. The van der Waals surface area contributed by atoms with Gasteiger partial charge < -0.3 is 4.74 Å². The van der Waals surface area contributed by atoms with Gasteiger partial charge in [-0.2, -0.15) is 5.10 Å². The molecule has 0 aliphatic heterocycles. The molecule has 0 spiro atoms. The third kappa shape index (κ3) is 6.48. The van der Waals surface area contributed by atoms with E-state index in [1.54, 1.807) is 54.6 Å². The number of benzene rings is 3. The molecule has 0 fully saturated rings. The Hall–Kier alpha value is -3.53. The number of nitrogens with one attached hydrogen (secondary N) is 2. The molecule has 8 nitrogen and oxygen atoms in total. The summed E-state index contributed by atoms with van der Waals surface area (Å²) in [6, 6.07) is 20.5. The van der Waals surface area contributed by atoms with Crippen molar-refractivity contribution in [2.75, 3.05) is 6.54 Å². The van der Waals surface area contributed by atoms with Gasteiger partial charge in [0.2, 0.25) is 10.0 Å². The molecule has 2 N–H and O–H groups in total. The molecular formula is C22H18ClN3O5S. The second kappa shape index (κ2) is 10.7. The van der Waals surface area contributed by atoms with E-state index in [0.29, 0.717) is 16.1 Å². The summed E-state index contributed by atoms with van der Waals surface area (Å²) in [5.74, 6) is -1.02. The van der Waals surface area contributed by atoms with Crippen molar-refractivity contribution >= 4 is 39.7 Å². The van der Waals surface area contributed by atoms with Crippen LogP contribution < -0.4 is 14.9 Å². The van der Waals surface area contributed by atoms with Gasteiger partial charge in [0.15, 0.2) is 0 Å². The van der Waals surface area contributed by atoms with E-state index in [-0.39, 0.29) is 10.6 Å². The summed E-state index contributed by atoms with van der Waals surface area (Å²) in [6.45, 7) is -0.498.